The fourth-order valence-electron chi connectivity index (χ4n) is 3.29. The fourth-order valence-corrected chi connectivity index (χ4v) is 3.29. The smallest absolute Gasteiger partial charge is 0.0624 e. The molecule has 0 heterocycles. The lowest BCUT2D eigenvalue weighted by molar-refractivity contribution is -0.161. The Morgan fingerprint density at radius 3 is 2.50 bits per heavy atom. The van der Waals surface area contributed by atoms with Crippen LogP contribution >= 0.6 is 0 Å². The van der Waals surface area contributed by atoms with Crippen molar-refractivity contribution in [2.75, 3.05) is 0 Å². The Kier molecular flexibility index (Phi) is 1.95. The van der Waals surface area contributed by atoms with Crippen LogP contribution in [0.25, 0.3) is 0 Å². The highest BCUT2D eigenvalue weighted by Crippen LogP contribution is 2.56. The Labute approximate surface area is 75.2 Å². The molecule has 0 aromatic heterocycles. The van der Waals surface area contributed by atoms with Crippen LogP contribution in [0.5, 0.6) is 0 Å². The number of fused-ring (bicyclic) bond motifs is 1. The quantitative estimate of drug-likeness (QED) is 0.589. The van der Waals surface area contributed by atoms with Crippen LogP contribution in [0, 0.1) is 17.3 Å². The van der Waals surface area contributed by atoms with E-state index in [4.69, 9.17) is 0 Å². The summed E-state index contributed by atoms with van der Waals surface area (Å²) in [5.74, 6) is 1.46. The second-order valence-electron chi connectivity index (χ2n) is 5.17. The van der Waals surface area contributed by atoms with Gasteiger partial charge in [0, 0.05) is 0 Å². The number of rotatable bonds is 0. The van der Waals surface area contributed by atoms with Gasteiger partial charge in [0.1, 0.15) is 0 Å². The van der Waals surface area contributed by atoms with E-state index in [9.17, 15) is 5.11 Å². The predicted octanol–water partition coefficient (Wildman–Crippen LogP) is 2.58. The maximum Gasteiger partial charge on any atom is 0.0624 e. The Bertz CT molecular complexity index is 174. The maximum atomic E-state index is 9.90. The van der Waals surface area contributed by atoms with Crippen molar-refractivity contribution >= 4 is 0 Å². The zero-order chi connectivity index (χ0) is 8.77. The molecule has 3 atom stereocenters. The largest absolute Gasteiger partial charge is 0.392 e. The van der Waals surface area contributed by atoms with Gasteiger partial charge < -0.3 is 5.11 Å². The van der Waals surface area contributed by atoms with Crippen molar-refractivity contribution in [2.24, 2.45) is 17.3 Å². The normalized spacial score (nSPS) is 45.8. The zero-order valence-corrected chi connectivity index (χ0v) is 8.21. The highest BCUT2D eigenvalue weighted by Gasteiger charge is 2.54. The number of hydrogen-bond donors (Lipinski definition) is 1. The van der Waals surface area contributed by atoms with Crippen LogP contribution in [0.2, 0.25) is 0 Å². The molecule has 0 aliphatic heterocycles. The molecule has 2 aliphatic rings. The second-order valence-corrected chi connectivity index (χ2v) is 5.17. The lowest BCUT2D eigenvalue weighted by Crippen LogP contribution is -2.57. The molecule has 0 bridgehead atoms. The molecule has 1 heteroatoms. The molecule has 0 amide bonds. The Balaban J connectivity index is 2.08. The van der Waals surface area contributed by atoms with Crippen LogP contribution in [0.15, 0.2) is 0 Å². The molecule has 70 valence electrons. The average molecular weight is 168 g/mol. The van der Waals surface area contributed by atoms with Crippen molar-refractivity contribution in [2.45, 2.75) is 52.1 Å². The molecule has 2 aliphatic carbocycles. The highest BCUT2D eigenvalue weighted by atomic mass is 16.3. The van der Waals surface area contributed by atoms with E-state index in [0.717, 1.165) is 5.92 Å². The first-order valence-corrected chi connectivity index (χ1v) is 5.32. The van der Waals surface area contributed by atoms with Gasteiger partial charge in [-0.05, 0) is 30.1 Å². The standard InChI is InChI=1S/C11H20O/c1-11(2)9-7-5-3-4-6-8(9)10(11)12/h8-10,12H,3-7H2,1-2H3. The van der Waals surface area contributed by atoms with E-state index < -0.39 is 0 Å². The van der Waals surface area contributed by atoms with Crippen molar-refractivity contribution in [1.29, 1.82) is 0 Å². The van der Waals surface area contributed by atoms with Gasteiger partial charge in [-0.25, -0.2) is 0 Å². The number of hydrogen-bond acceptors (Lipinski definition) is 1. The molecule has 1 N–H and O–H groups in total. The van der Waals surface area contributed by atoms with E-state index in [1.165, 1.54) is 32.1 Å². The first-order valence-electron chi connectivity index (χ1n) is 5.32. The molecule has 3 unspecified atom stereocenters. The van der Waals surface area contributed by atoms with Crippen molar-refractivity contribution in [3.63, 3.8) is 0 Å². The van der Waals surface area contributed by atoms with Gasteiger partial charge >= 0.3 is 0 Å². The minimum Gasteiger partial charge on any atom is -0.392 e. The van der Waals surface area contributed by atoms with Crippen LogP contribution in [-0.4, -0.2) is 11.2 Å². The Hall–Kier alpha value is -0.0400. The highest BCUT2D eigenvalue weighted by molar-refractivity contribution is 5.03. The van der Waals surface area contributed by atoms with E-state index in [2.05, 4.69) is 13.8 Å². The fraction of sp³-hybridized carbons (Fsp3) is 1.00. The van der Waals surface area contributed by atoms with Gasteiger partial charge in [-0.3, -0.25) is 0 Å². The van der Waals surface area contributed by atoms with Gasteiger partial charge in [-0.2, -0.15) is 0 Å². The van der Waals surface area contributed by atoms with Crippen LogP contribution in [0.1, 0.15) is 46.0 Å². The third-order valence-electron chi connectivity index (χ3n) is 4.19. The lowest BCUT2D eigenvalue weighted by atomic mass is 9.52. The van der Waals surface area contributed by atoms with Crippen molar-refractivity contribution in [3.8, 4) is 0 Å². The summed E-state index contributed by atoms with van der Waals surface area (Å²) in [4.78, 5) is 0. The summed E-state index contributed by atoms with van der Waals surface area (Å²) in [5.41, 5.74) is 0.217. The van der Waals surface area contributed by atoms with E-state index >= 15 is 0 Å². The summed E-state index contributed by atoms with van der Waals surface area (Å²) in [7, 11) is 0. The van der Waals surface area contributed by atoms with Crippen molar-refractivity contribution in [3.05, 3.63) is 0 Å². The summed E-state index contributed by atoms with van der Waals surface area (Å²) in [6.07, 6.45) is 6.73. The Morgan fingerprint density at radius 1 is 1.08 bits per heavy atom. The van der Waals surface area contributed by atoms with Gasteiger partial charge in [-0.15, -0.1) is 0 Å². The monoisotopic (exact) mass is 168 g/mol. The third kappa shape index (κ3) is 1.02. The molecule has 0 spiro atoms. The molecule has 1 nitrogen and oxygen atoms in total. The van der Waals surface area contributed by atoms with Crippen molar-refractivity contribution < 1.29 is 5.11 Å². The van der Waals surface area contributed by atoms with E-state index in [0.29, 0.717) is 5.92 Å². The molecular formula is C11H20O. The molecule has 2 saturated carbocycles. The molecule has 0 saturated heterocycles. The summed E-state index contributed by atoms with van der Waals surface area (Å²) < 4.78 is 0. The van der Waals surface area contributed by atoms with Gasteiger partial charge in [0.05, 0.1) is 6.10 Å². The first kappa shape index (κ1) is 8.55. The lowest BCUT2D eigenvalue weighted by Gasteiger charge is -2.56. The van der Waals surface area contributed by atoms with Crippen LogP contribution in [0.3, 0.4) is 0 Å². The zero-order valence-electron chi connectivity index (χ0n) is 8.21. The van der Waals surface area contributed by atoms with E-state index in [1.54, 1.807) is 0 Å². The summed E-state index contributed by atoms with van der Waals surface area (Å²) >= 11 is 0. The Morgan fingerprint density at radius 2 is 1.75 bits per heavy atom. The topological polar surface area (TPSA) is 20.2 Å². The molecule has 0 radical (unpaired) electrons. The minimum absolute atomic E-state index is 0.0133. The van der Waals surface area contributed by atoms with Crippen LogP contribution in [-0.2, 0) is 0 Å². The minimum atomic E-state index is -0.0133. The van der Waals surface area contributed by atoms with E-state index in [1.807, 2.05) is 0 Å². The molecule has 0 aromatic rings. The average Bonchev–Trinajstić information content (AvgIpc) is 2.26. The molecule has 2 rings (SSSR count). The van der Waals surface area contributed by atoms with E-state index in [-0.39, 0.29) is 11.5 Å². The SMILES string of the molecule is CC1(C)C(O)C2CCCCCC21. The van der Waals surface area contributed by atoms with Crippen molar-refractivity contribution in [1.82, 2.24) is 0 Å². The third-order valence-corrected chi connectivity index (χ3v) is 4.19. The summed E-state index contributed by atoms with van der Waals surface area (Å²) in [5, 5.41) is 9.90. The van der Waals surface area contributed by atoms with Crippen LogP contribution < -0.4 is 0 Å². The molecule has 12 heavy (non-hydrogen) atoms. The first-order chi connectivity index (χ1) is 5.64. The van der Waals surface area contributed by atoms with Gasteiger partial charge in [0.15, 0.2) is 0 Å². The van der Waals surface area contributed by atoms with Gasteiger partial charge in [0.25, 0.3) is 0 Å². The second kappa shape index (κ2) is 2.73. The molecule has 2 fully saturated rings. The molecular weight excluding hydrogens is 148 g/mol. The summed E-state index contributed by atoms with van der Waals surface area (Å²) in [6, 6.07) is 0. The maximum absolute atomic E-state index is 9.90. The van der Waals surface area contributed by atoms with Gasteiger partial charge in [-0.1, -0.05) is 33.1 Å². The van der Waals surface area contributed by atoms with Crippen LogP contribution in [0.4, 0.5) is 0 Å². The predicted molar refractivity (Wildman–Crippen MR) is 49.9 cm³/mol. The number of aliphatic hydroxyl groups excluding tert-OH is 1. The van der Waals surface area contributed by atoms with Gasteiger partial charge in [0.2, 0.25) is 0 Å². The number of aliphatic hydroxyl groups is 1. The summed E-state index contributed by atoms with van der Waals surface area (Å²) in [6.45, 7) is 4.45. The molecule has 0 aromatic carbocycles.